The molecule has 3 aromatic rings. The summed E-state index contributed by atoms with van der Waals surface area (Å²) in [6.07, 6.45) is 0. The summed E-state index contributed by atoms with van der Waals surface area (Å²) in [5.74, 6) is 2.11. The minimum atomic E-state index is -0.193. The number of rotatable bonds is 4. The molecular formula is C19H18ClN3O3. The summed E-state index contributed by atoms with van der Waals surface area (Å²) in [6.45, 7) is 3.62. The first kappa shape index (κ1) is 16.9. The molecule has 2 N–H and O–H groups in total. The summed E-state index contributed by atoms with van der Waals surface area (Å²) in [4.78, 5) is 19.5. The molecule has 2 heterocycles. The fourth-order valence-electron chi connectivity index (χ4n) is 2.94. The highest BCUT2D eigenvalue weighted by molar-refractivity contribution is 6.31. The number of hydrogen-bond donors (Lipinski definition) is 2. The molecule has 134 valence electrons. The number of hydrogen-bond acceptors (Lipinski definition) is 5. The standard InChI is InChI=1S/C19H18ClN3O3/c1-11(12-2-5-16-17(8-12)26-7-6-25-16)21-10-18-22-15-4-3-13(20)9-14(15)19(24)23-18/h2-5,8-9,11,21H,6-7,10H2,1H3,(H,22,23,24)/t11-/m1/s1. The van der Waals surface area contributed by atoms with Crippen LogP contribution < -0.4 is 20.3 Å². The largest absolute Gasteiger partial charge is 0.486 e. The maximum absolute atomic E-state index is 12.2. The van der Waals surface area contributed by atoms with Crippen molar-refractivity contribution in [1.82, 2.24) is 15.3 Å². The van der Waals surface area contributed by atoms with Crippen LogP contribution in [0.15, 0.2) is 41.2 Å². The predicted octanol–water partition coefficient (Wildman–Crippen LogP) is 3.20. The molecular weight excluding hydrogens is 354 g/mol. The summed E-state index contributed by atoms with van der Waals surface area (Å²) >= 11 is 5.94. The van der Waals surface area contributed by atoms with Crippen LogP contribution in [0.4, 0.5) is 0 Å². The van der Waals surface area contributed by atoms with Crippen LogP contribution >= 0.6 is 11.6 Å². The van der Waals surface area contributed by atoms with E-state index in [0.717, 1.165) is 17.1 Å². The summed E-state index contributed by atoms with van der Waals surface area (Å²) in [5, 5.41) is 4.37. The molecule has 0 fully saturated rings. The fourth-order valence-corrected chi connectivity index (χ4v) is 3.11. The minimum absolute atomic E-state index is 0.0528. The van der Waals surface area contributed by atoms with E-state index < -0.39 is 0 Å². The molecule has 1 aromatic heterocycles. The van der Waals surface area contributed by atoms with Crippen molar-refractivity contribution in [2.75, 3.05) is 13.2 Å². The van der Waals surface area contributed by atoms with Crippen LogP contribution in [0, 0.1) is 0 Å². The van der Waals surface area contributed by atoms with Crippen molar-refractivity contribution in [2.24, 2.45) is 0 Å². The Morgan fingerprint density at radius 2 is 2.00 bits per heavy atom. The SMILES string of the molecule is C[C@@H](NCc1nc2ccc(Cl)cc2c(=O)[nH]1)c1ccc2c(c1)OCCO2. The summed E-state index contributed by atoms with van der Waals surface area (Å²) in [5.41, 5.74) is 1.51. The van der Waals surface area contributed by atoms with Crippen LogP contribution in [-0.2, 0) is 6.54 Å². The maximum Gasteiger partial charge on any atom is 0.258 e. The van der Waals surface area contributed by atoms with Crippen LogP contribution in [0.5, 0.6) is 11.5 Å². The van der Waals surface area contributed by atoms with Gasteiger partial charge in [0.1, 0.15) is 19.0 Å². The van der Waals surface area contributed by atoms with Crippen LogP contribution in [0.1, 0.15) is 24.4 Å². The van der Waals surface area contributed by atoms with E-state index in [2.05, 4.69) is 15.3 Å². The average molecular weight is 372 g/mol. The molecule has 1 aliphatic heterocycles. The monoisotopic (exact) mass is 371 g/mol. The number of benzene rings is 2. The molecule has 7 heteroatoms. The first-order chi connectivity index (χ1) is 12.6. The smallest absolute Gasteiger partial charge is 0.258 e. The Labute approximate surface area is 155 Å². The Hall–Kier alpha value is -2.57. The molecule has 2 aromatic carbocycles. The number of halogens is 1. The summed E-state index contributed by atoms with van der Waals surface area (Å²) < 4.78 is 11.2. The van der Waals surface area contributed by atoms with E-state index in [1.807, 2.05) is 25.1 Å². The molecule has 0 bridgehead atoms. The Bertz CT molecular complexity index is 1020. The number of ether oxygens (including phenoxy) is 2. The van der Waals surface area contributed by atoms with Crippen LogP contribution in [-0.4, -0.2) is 23.2 Å². The van der Waals surface area contributed by atoms with E-state index in [1.165, 1.54) is 0 Å². The van der Waals surface area contributed by atoms with Gasteiger partial charge < -0.3 is 19.8 Å². The number of nitrogens with one attached hydrogen (secondary N) is 2. The molecule has 0 radical (unpaired) electrons. The highest BCUT2D eigenvalue weighted by Crippen LogP contribution is 2.32. The molecule has 26 heavy (non-hydrogen) atoms. The lowest BCUT2D eigenvalue weighted by molar-refractivity contribution is 0.171. The van der Waals surface area contributed by atoms with Gasteiger partial charge in [0, 0.05) is 11.1 Å². The summed E-state index contributed by atoms with van der Waals surface area (Å²) in [6, 6.07) is 11.1. The first-order valence-electron chi connectivity index (χ1n) is 8.41. The van der Waals surface area contributed by atoms with E-state index in [1.54, 1.807) is 18.2 Å². The second kappa shape index (κ2) is 6.97. The number of aromatic amines is 1. The molecule has 0 amide bonds. The van der Waals surface area contributed by atoms with Gasteiger partial charge in [-0.3, -0.25) is 4.79 Å². The Kier molecular flexibility index (Phi) is 4.53. The van der Waals surface area contributed by atoms with Crippen LogP contribution in [0.2, 0.25) is 5.02 Å². The molecule has 6 nitrogen and oxygen atoms in total. The minimum Gasteiger partial charge on any atom is -0.486 e. The van der Waals surface area contributed by atoms with Gasteiger partial charge in [-0.25, -0.2) is 4.98 Å². The molecule has 0 aliphatic carbocycles. The number of nitrogens with zero attached hydrogens (tertiary/aromatic N) is 1. The molecule has 4 rings (SSSR count). The van der Waals surface area contributed by atoms with Gasteiger partial charge in [-0.05, 0) is 42.8 Å². The van der Waals surface area contributed by atoms with Crippen molar-refractivity contribution in [1.29, 1.82) is 0 Å². The zero-order valence-corrected chi connectivity index (χ0v) is 15.0. The third-order valence-corrected chi connectivity index (χ3v) is 4.59. The van der Waals surface area contributed by atoms with Crippen molar-refractivity contribution in [2.45, 2.75) is 19.5 Å². The normalized spacial score (nSPS) is 14.4. The Morgan fingerprint density at radius 1 is 1.19 bits per heavy atom. The van der Waals surface area contributed by atoms with E-state index in [0.29, 0.717) is 41.5 Å². The van der Waals surface area contributed by atoms with E-state index >= 15 is 0 Å². The highest BCUT2D eigenvalue weighted by atomic mass is 35.5. The Morgan fingerprint density at radius 3 is 2.85 bits per heavy atom. The Balaban J connectivity index is 1.51. The van der Waals surface area contributed by atoms with Gasteiger partial charge in [0.2, 0.25) is 0 Å². The second-order valence-electron chi connectivity index (χ2n) is 6.18. The van der Waals surface area contributed by atoms with Crippen LogP contribution in [0.25, 0.3) is 10.9 Å². The average Bonchev–Trinajstić information content (AvgIpc) is 2.66. The molecule has 0 spiro atoms. The van der Waals surface area contributed by atoms with Gasteiger partial charge in [-0.1, -0.05) is 17.7 Å². The fraction of sp³-hybridized carbons (Fsp3) is 0.263. The van der Waals surface area contributed by atoms with E-state index in [4.69, 9.17) is 21.1 Å². The van der Waals surface area contributed by atoms with Crippen molar-refractivity contribution in [3.63, 3.8) is 0 Å². The van der Waals surface area contributed by atoms with Gasteiger partial charge in [0.15, 0.2) is 11.5 Å². The molecule has 0 saturated heterocycles. The summed E-state index contributed by atoms with van der Waals surface area (Å²) in [7, 11) is 0. The van der Waals surface area contributed by atoms with Gasteiger partial charge in [0.05, 0.1) is 17.4 Å². The van der Waals surface area contributed by atoms with E-state index in [9.17, 15) is 4.79 Å². The highest BCUT2D eigenvalue weighted by Gasteiger charge is 2.14. The van der Waals surface area contributed by atoms with Gasteiger partial charge in [0.25, 0.3) is 5.56 Å². The predicted molar refractivity (Wildman–Crippen MR) is 100 cm³/mol. The lowest BCUT2D eigenvalue weighted by Gasteiger charge is -2.21. The number of H-pyrrole nitrogens is 1. The maximum atomic E-state index is 12.2. The lowest BCUT2D eigenvalue weighted by atomic mass is 10.1. The molecule has 1 aliphatic rings. The third-order valence-electron chi connectivity index (χ3n) is 4.36. The quantitative estimate of drug-likeness (QED) is 0.736. The first-order valence-corrected chi connectivity index (χ1v) is 8.79. The van der Waals surface area contributed by atoms with Crippen molar-refractivity contribution in [3.05, 3.63) is 63.2 Å². The van der Waals surface area contributed by atoms with Gasteiger partial charge >= 0.3 is 0 Å². The van der Waals surface area contributed by atoms with Crippen molar-refractivity contribution >= 4 is 22.5 Å². The lowest BCUT2D eigenvalue weighted by Crippen LogP contribution is -2.22. The third kappa shape index (κ3) is 3.38. The molecule has 0 saturated carbocycles. The topological polar surface area (TPSA) is 76.2 Å². The number of fused-ring (bicyclic) bond motifs is 2. The number of aromatic nitrogens is 2. The van der Waals surface area contributed by atoms with Gasteiger partial charge in [-0.2, -0.15) is 0 Å². The zero-order valence-electron chi connectivity index (χ0n) is 14.2. The molecule has 0 unspecified atom stereocenters. The van der Waals surface area contributed by atoms with Crippen molar-refractivity contribution < 1.29 is 9.47 Å². The zero-order chi connectivity index (χ0) is 18.1. The second-order valence-corrected chi connectivity index (χ2v) is 6.62. The van der Waals surface area contributed by atoms with Crippen LogP contribution in [0.3, 0.4) is 0 Å². The van der Waals surface area contributed by atoms with E-state index in [-0.39, 0.29) is 11.6 Å². The van der Waals surface area contributed by atoms with Crippen molar-refractivity contribution in [3.8, 4) is 11.5 Å². The molecule has 1 atom stereocenters. The van der Waals surface area contributed by atoms with Gasteiger partial charge in [-0.15, -0.1) is 0 Å².